The van der Waals surface area contributed by atoms with Crippen molar-refractivity contribution in [3.8, 4) is 11.1 Å². The molecule has 8 nitrogen and oxygen atoms in total. The van der Waals surface area contributed by atoms with Crippen molar-refractivity contribution >= 4 is 28.9 Å². The van der Waals surface area contributed by atoms with Crippen LogP contribution in [0, 0.1) is 0 Å². The second kappa shape index (κ2) is 14.1. The van der Waals surface area contributed by atoms with Crippen molar-refractivity contribution in [1.29, 1.82) is 0 Å². The van der Waals surface area contributed by atoms with Gasteiger partial charge in [0.25, 0.3) is 0 Å². The maximum Gasteiger partial charge on any atom is 0.522 e. The molecule has 0 radical (unpaired) electrons. The molecular formula is C31H34ClF6N5O3. The molecule has 2 saturated heterocycles. The minimum Gasteiger partial charge on any atom is -0.462 e. The van der Waals surface area contributed by atoms with Crippen LogP contribution in [-0.2, 0) is 15.7 Å². The highest BCUT2D eigenvalue weighted by atomic mass is 35.5. The van der Waals surface area contributed by atoms with Crippen molar-refractivity contribution in [2.75, 3.05) is 68.8 Å². The summed E-state index contributed by atoms with van der Waals surface area (Å²) < 4.78 is 89.0. The number of carbonyl (C=O) groups excluding carboxylic acids is 1. The Kier molecular flexibility index (Phi) is 10.4. The second-order valence-corrected chi connectivity index (χ2v) is 11.6. The first-order valence-electron chi connectivity index (χ1n) is 15.0. The lowest BCUT2D eigenvalue weighted by Crippen LogP contribution is -2.47. The zero-order chi connectivity index (χ0) is 33.1. The molecule has 2 aromatic carbocycles. The molecule has 0 N–H and O–H groups in total. The highest BCUT2D eigenvalue weighted by molar-refractivity contribution is 6.31. The highest BCUT2D eigenvalue weighted by Crippen LogP contribution is 2.39. The summed E-state index contributed by atoms with van der Waals surface area (Å²) in [4.78, 5) is 18.4. The second-order valence-electron chi connectivity index (χ2n) is 11.1. The summed E-state index contributed by atoms with van der Waals surface area (Å²) in [7, 11) is 0. The van der Waals surface area contributed by atoms with Crippen LogP contribution in [0.2, 0.25) is 5.02 Å². The highest BCUT2D eigenvalue weighted by Gasteiger charge is 2.42. The molecule has 2 fully saturated rings. The first kappa shape index (κ1) is 33.9. The van der Waals surface area contributed by atoms with Crippen LogP contribution < -0.4 is 9.80 Å². The monoisotopic (exact) mass is 673 g/mol. The van der Waals surface area contributed by atoms with Gasteiger partial charge in [-0.25, -0.2) is 4.79 Å². The minimum absolute atomic E-state index is 0.0577. The number of piperazine rings is 1. The lowest BCUT2D eigenvalue weighted by Gasteiger charge is -2.37. The number of rotatable bonds is 9. The Labute approximate surface area is 267 Å². The van der Waals surface area contributed by atoms with Gasteiger partial charge in [0.1, 0.15) is 5.56 Å². The van der Waals surface area contributed by atoms with E-state index in [0.717, 1.165) is 33.4 Å². The van der Waals surface area contributed by atoms with E-state index in [4.69, 9.17) is 16.3 Å². The van der Waals surface area contributed by atoms with E-state index >= 15 is 0 Å². The number of ether oxygens (including phenoxy) is 2. The normalized spacial score (nSPS) is 18.2. The van der Waals surface area contributed by atoms with Gasteiger partial charge in [0.2, 0.25) is 0 Å². The summed E-state index contributed by atoms with van der Waals surface area (Å²) in [5.41, 5.74) is 1.77. The summed E-state index contributed by atoms with van der Waals surface area (Å²) in [5.74, 6) is -1.06. The van der Waals surface area contributed by atoms with Crippen LogP contribution in [0.4, 0.5) is 37.7 Å². The number of esters is 1. The van der Waals surface area contributed by atoms with Gasteiger partial charge in [-0.15, -0.1) is 13.2 Å². The number of alkyl halides is 6. The van der Waals surface area contributed by atoms with Crippen molar-refractivity contribution in [1.82, 2.24) is 14.7 Å². The summed E-state index contributed by atoms with van der Waals surface area (Å²) in [6.07, 6.45) is -7.48. The molecule has 0 aliphatic carbocycles. The first-order chi connectivity index (χ1) is 21.8. The molecule has 2 aliphatic rings. The maximum atomic E-state index is 14.2. The van der Waals surface area contributed by atoms with Gasteiger partial charge in [0, 0.05) is 67.8 Å². The van der Waals surface area contributed by atoms with E-state index in [1.807, 2.05) is 40.1 Å². The van der Waals surface area contributed by atoms with Crippen LogP contribution in [0.1, 0.15) is 41.9 Å². The Balaban J connectivity index is 1.31. The first-order valence-corrected chi connectivity index (χ1v) is 15.4. The van der Waals surface area contributed by atoms with E-state index < -0.39 is 42.4 Å². The SMILES string of the molecule is CCOC(=O)c1cnn(C2CCCN(c3cc(Cl)ccc3-c3ccc(N4CCN(CCOC(F)(F)F)CC4)cc3)C2)c1C(F)(F)F. The standard InChI is InChI=1S/C31H34ClF6N5O3/c1-2-45-29(44)26-19-39-43(28(26)30(33,34)35)24-4-3-11-42(20-24)27-18-22(32)7-10-25(27)21-5-8-23(9-6-21)41-14-12-40(13-15-41)16-17-46-31(36,37)38/h5-10,18-19,24H,2-4,11-17,20H2,1H3. The average molecular weight is 674 g/mol. The van der Waals surface area contributed by atoms with Crippen LogP contribution in [0.15, 0.2) is 48.7 Å². The molecule has 250 valence electrons. The Bertz CT molecular complexity index is 1490. The van der Waals surface area contributed by atoms with Crippen molar-refractivity contribution in [3.63, 3.8) is 0 Å². The van der Waals surface area contributed by atoms with E-state index in [0.29, 0.717) is 50.6 Å². The number of aromatic nitrogens is 2. The quantitative estimate of drug-likeness (QED) is 0.181. The van der Waals surface area contributed by atoms with Gasteiger partial charge in [-0.3, -0.25) is 14.3 Å². The van der Waals surface area contributed by atoms with Gasteiger partial charge in [0.15, 0.2) is 5.69 Å². The lowest BCUT2D eigenvalue weighted by atomic mass is 9.99. The predicted octanol–water partition coefficient (Wildman–Crippen LogP) is 6.90. The van der Waals surface area contributed by atoms with Crippen molar-refractivity contribution < 1.29 is 40.6 Å². The van der Waals surface area contributed by atoms with Gasteiger partial charge < -0.3 is 14.5 Å². The number of benzene rings is 2. The van der Waals surface area contributed by atoms with E-state index in [-0.39, 0.29) is 19.7 Å². The fourth-order valence-corrected chi connectivity index (χ4v) is 6.20. The van der Waals surface area contributed by atoms with Crippen molar-refractivity contribution in [2.24, 2.45) is 0 Å². The molecule has 3 heterocycles. The molecule has 2 aliphatic heterocycles. The molecule has 1 atom stereocenters. The van der Waals surface area contributed by atoms with Crippen LogP contribution in [0.3, 0.4) is 0 Å². The molecule has 0 bridgehead atoms. The van der Waals surface area contributed by atoms with Gasteiger partial charge in [0.05, 0.1) is 25.5 Å². The molecule has 0 amide bonds. The number of hydrogen-bond donors (Lipinski definition) is 0. The predicted molar refractivity (Wildman–Crippen MR) is 161 cm³/mol. The zero-order valence-corrected chi connectivity index (χ0v) is 25.8. The van der Waals surface area contributed by atoms with E-state index in [2.05, 4.69) is 14.7 Å². The number of piperidine rings is 1. The van der Waals surface area contributed by atoms with E-state index in [9.17, 15) is 31.1 Å². The summed E-state index contributed by atoms with van der Waals surface area (Å²) in [5, 5.41) is 4.49. The van der Waals surface area contributed by atoms with Crippen molar-refractivity contribution in [2.45, 2.75) is 38.3 Å². The third-order valence-corrected chi connectivity index (χ3v) is 8.43. The molecule has 0 spiro atoms. The third kappa shape index (κ3) is 8.07. The fourth-order valence-electron chi connectivity index (χ4n) is 6.04. The van der Waals surface area contributed by atoms with E-state index in [1.54, 1.807) is 12.1 Å². The van der Waals surface area contributed by atoms with Gasteiger partial charge in [-0.1, -0.05) is 29.8 Å². The molecule has 46 heavy (non-hydrogen) atoms. The summed E-state index contributed by atoms with van der Waals surface area (Å²) in [6.45, 7) is 4.59. The summed E-state index contributed by atoms with van der Waals surface area (Å²) >= 11 is 6.40. The molecule has 15 heteroatoms. The average Bonchev–Trinajstić information content (AvgIpc) is 3.48. The molecule has 1 unspecified atom stereocenters. The minimum atomic E-state index is -4.81. The number of anilines is 2. The Morgan fingerprint density at radius 2 is 1.70 bits per heavy atom. The summed E-state index contributed by atoms with van der Waals surface area (Å²) in [6, 6.07) is 12.7. The Hall–Kier alpha value is -3.49. The lowest BCUT2D eigenvalue weighted by molar-refractivity contribution is -0.325. The Morgan fingerprint density at radius 3 is 2.35 bits per heavy atom. The number of nitrogens with zero attached hydrogens (tertiary/aromatic N) is 5. The van der Waals surface area contributed by atoms with Gasteiger partial charge in [-0.05, 0) is 49.6 Å². The number of halogens is 7. The topological polar surface area (TPSA) is 63.1 Å². The number of carbonyl (C=O) groups is 1. The van der Waals surface area contributed by atoms with Crippen molar-refractivity contribution in [3.05, 3.63) is 64.9 Å². The number of hydrogen-bond acceptors (Lipinski definition) is 7. The van der Waals surface area contributed by atoms with Crippen LogP contribution in [0.25, 0.3) is 11.1 Å². The molecular weight excluding hydrogens is 640 g/mol. The fraction of sp³-hybridized carbons (Fsp3) is 0.484. The largest absolute Gasteiger partial charge is 0.522 e. The smallest absolute Gasteiger partial charge is 0.462 e. The third-order valence-electron chi connectivity index (χ3n) is 8.19. The van der Waals surface area contributed by atoms with Gasteiger partial charge >= 0.3 is 18.5 Å². The van der Waals surface area contributed by atoms with Crippen LogP contribution in [-0.4, -0.2) is 86.0 Å². The molecule has 1 aromatic heterocycles. The molecule has 3 aromatic rings. The molecule has 5 rings (SSSR count). The zero-order valence-electron chi connectivity index (χ0n) is 25.1. The molecule has 0 saturated carbocycles. The van der Waals surface area contributed by atoms with Crippen LogP contribution >= 0.6 is 11.6 Å². The van der Waals surface area contributed by atoms with E-state index in [1.165, 1.54) is 6.92 Å². The van der Waals surface area contributed by atoms with Gasteiger partial charge in [-0.2, -0.15) is 18.3 Å². The Morgan fingerprint density at radius 1 is 0.978 bits per heavy atom. The maximum absolute atomic E-state index is 14.2. The van der Waals surface area contributed by atoms with Crippen LogP contribution in [0.5, 0.6) is 0 Å².